The zero-order valence-corrected chi connectivity index (χ0v) is 21.0. The number of methoxy groups -OCH3 is 2. The van der Waals surface area contributed by atoms with Gasteiger partial charge in [-0.1, -0.05) is 24.3 Å². The predicted octanol–water partition coefficient (Wildman–Crippen LogP) is 4.61. The number of anilines is 1. The molecule has 8 heteroatoms. The number of hydrogen-bond donors (Lipinski definition) is 1. The van der Waals surface area contributed by atoms with Crippen LogP contribution in [0.2, 0.25) is 0 Å². The molecule has 2 heterocycles. The number of allylic oxidation sites excluding steroid dienone is 2. The first-order chi connectivity index (χ1) is 16.4. The van der Waals surface area contributed by atoms with Crippen LogP contribution in [0.1, 0.15) is 36.4 Å². The lowest BCUT2D eigenvalue weighted by Gasteiger charge is -2.18. The summed E-state index contributed by atoms with van der Waals surface area (Å²) in [6.45, 7) is 5.68. The minimum atomic E-state index is -1.27. The van der Waals surface area contributed by atoms with E-state index in [0.29, 0.717) is 36.3 Å². The van der Waals surface area contributed by atoms with Crippen LogP contribution in [-0.2, 0) is 30.4 Å². The second kappa shape index (κ2) is 10.4. The number of benzene rings is 2. The van der Waals surface area contributed by atoms with Crippen LogP contribution >= 0.6 is 0 Å². The highest BCUT2D eigenvalue weighted by Gasteiger charge is 2.29. The van der Waals surface area contributed by atoms with Gasteiger partial charge in [-0.15, -0.1) is 0 Å². The minimum Gasteiger partial charge on any atom is -0.497 e. The molecule has 1 aliphatic heterocycles. The maximum absolute atomic E-state index is 13.0. The SMILES string of the molecule is COc1cccc(CNc2nc(CN(C)Cc3cccc(OC)c3)nc3c2C(C)=C(C)S3=O)c1. The van der Waals surface area contributed by atoms with Crippen LogP contribution in [0.3, 0.4) is 0 Å². The molecule has 1 aliphatic rings. The van der Waals surface area contributed by atoms with Gasteiger partial charge in [0.05, 0.1) is 26.3 Å². The summed E-state index contributed by atoms with van der Waals surface area (Å²) < 4.78 is 23.7. The number of fused-ring (bicyclic) bond motifs is 1. The Morgan fingerprint density at radius 1 is 0.941 bits per heavy atom. The summed E-state index contributed by atoms with van der Waals surface area (Å²) in [5.41, 5.74) is 4.02. The first-order valence-electron chi connectivity index (χ1n) is 11.1. The molecule has 0 spiro atoms. The molecule has 0 amide bonds. The Hall–Kier alpha value is -3.23. The van der Waals surface area contributed by atoms with Crippen molar-refractivity contribution < 1.29 is 13.7 Å². The van der Waals surface area contributed by atoms with Crippen LogP contribution in [-0.4, -0.2) is 40.3 Å². The van der Waals surface area contributed by atoms with Crippen molar-refractivity contribution in [2.24, 2.45) is 0 Å². The molecule has 178 valence electrons. The number of ether oxygens (including phenoxy) is 2. The summed E-state index contributed by atoms with van der Waals surface area (Å²) in [7, 11) is 4.07. The largest absolute Gasteiger partial charge is 0.497 e. The maximum Gasteiger partial charge on any atom is 0.146 e. The number of nitrogens with zero attached hydrogens (tertiary/aromatic N) is 3. The molecule has 0 saturated heterocycles. The number of hydrogen-bond acceptors (Lipinski definition) is 7. The summed E-state index contributed by atoms with van der Waals surface area (Å²) in [4.78, 5) is 12.5. The molecule has 0 radical (unpaired) electrons. The van der Waals surface area contributed by atoms with Gasteiger partial charge in [-0.2, -0.15) is 0 Å². The second-order valence-corrected chi connectivity index (χ2v) is 9.88. The highest BCUT2D eigenvalue weighted by atomic mass is 32.2. The van der Waals surface area contributed by atoms with Crippen LogP contribution in [0.5, 0.6) is 11.5 Å². The van der Waals surface area contributed by atoms with Crippen LogP contribution in [0.4, 0.5) is 5.82 Å². The first kappa shape index (κ1) is 23.9. The third kappa shape index (κ3) is 5.13. The third-order valence-corrected chi connectivity index (χ3v) is 7.38. The van der Waals surface area contributed by atoms with E-state index < -0.39 is 10.8 Å². The average molecular weight is 479 g/mol. The first-order valence-corrected chi connectivity index (χ1v) is 12.2. The van der Waals surface area contributed by atoms with Crippen molar-refractivity contribution in [2.45, 2.75) is 38.5 Å². The molecule has 34 heavy (non-hydrogen) atoms. The fraction of sp³-hybridized carbons (Fsp3) is 0.308. The van der Waals surface area contributed by atoms with Crippen molar-refractivity contribution in [1.29, 1.82) is 0 Å². The van der Waals surface area contributed by atoms with Crippen molar-refractivity contribution in [3.05, 3.63) is 76.0 Å². The Kier molecular flexibility index (Phi) is 7.29. The van der Waals surface area contributed by atoms with E-state index in [-0.39, 0.29) is 0 Å². The second-order valence-electron chi connectivity index (χ2n) is 8.35. The molecule has 1 aromatic heterocycles. The molecular formula is C26H30N4O3S. The third-order valence-electron chi connectivity index (χ3n) is 5.87. The van der Waals surface area contributed by atoms with Crippen molar-refractivity contribution in [1.82, 2.24) is 14.9 Å². The monoisotopic (exact) mass is 478 g/mol. The molecule has 0 fully saturated rings. The van der Waals surface area contributed by atoms with Crippen LogP contribution in [0, 0.1) is 0 Å². The summed E-state index contributed by atoms with van der Waals surface area (Å²) in [6, 6.07) is 15.9. The Balaban J connectivity index is 1.58. The predicted molar refractivity (Wildman–Crippen MR) is 135 cm³/mol. The summed E-state index contributed by atoms with van der Waals surface area (Å²) in [5, 5.41) is 4.04. The Morgan fingerprint density at radius 3 is 2.26 bits per heavy atom. The van der Waals surface area contributed by atoms with E-state index in [1.165, 1.54) is 0 Å². The molecule has 1 N–H and O–H groups in total. The topological polar surface area (TPSA) is 76.6 Å². The Labute approximate surface area is 203 Å². The molecule has 2 aromatic carbocycles. The van der Waals surface area contributed by atoms with Crippen LogP contribution < -0.4 is 14.8 Å². The molecule has 4 rings (SSSR count). The van der Waals surface area contributed by atoms with E-state index in [0.717, 1.165) is 38.7 Å². The zero-order valence-electron chi connectivity index (χ0n) is 20.2. The number of nitrogens with one attached hydrogen (secondary N) is 1. The van der Waals surface area contributed by atoms with Gasteiger partial charge in [-0.3, -0.25) is 4.90 Å². The normalized spacial score (nSPS) is 14.9. The quantitative estimate of drug-likeness (QED) is 0.450. The highest BCUT2D eigenvalue weighted by Crippen LogP contribution is 2.38. The molecule has 1 unspecified atom stereocenters. The van der Waals surface area contributed by atoms with Gasteiger partial charge in [-0.25, -0.2) is 14.2 Å². The van der Waals surface area contributed by atoms with Crippen molar-refractivity contribution >= 4 is 22.2 Å². The molecule has 0 bridgehead atoms. The van der Waals surface area contributed by atoms with Gasteiger partial charge < -0.3 is 14.8 Å². The smallest absolute Gasteiger partial charge is 0.146 e. The number of aromatic nitrogens is 2. The standard InChI is InChI=1S/C26H30N4O3S/c1-17-18(2)34(31)26-24(17)25(27-14-19-8-6-10-21(12-19)32-4)28-23(29-26)16-30(3)15-20-9-7-11-22(13-20)33-5/h6-13H,14-16H2,1-5H3,(H,27,28,29). The van der Waals surface area contributed by atoms with Gasteiger partial charge in [-0.05, 0) is 61.9 Å². The van der Waals surface area contributed by atoms with Gasteiger partial charge in [0.25, 0.3) is 0 Å². The van der Waals surface area contributed by atoms with Crippen LogP contribution in [0.25, 0.3) is 5.57 Å². The zero-order chi connectivity index (χ0) is 24.2. The van der Waals surface area contributed by atoms with E-state index in [1.54, 1.807) is 14.2 Å². The lowest BCUT2D eigenvalue weighted by atomic mass is 10.1. The summed E-state index contributed by atoms with van der Waals surface area (Å²) >= 11 is 0. The van der Waals surface area contributed by atoms with Gasteiger partial charge in [0, 0.05) is 18.0 Å². The lowest BCUT2D eigenvalue weighted by Crippen LogP contribution is -2.20. The van der Waals surface area contributed by atoms with Crippen molar-refractivity contribution in [3.63, 3.8) is 0 Å². The van der Waals surface area contributed by atoms with E-state index in [2.05, 4.69) is 16.3 Å². The summed E-state index contributed by atoms with van der Waals surface area (Å²) in [5.74, 6) is 2.98. The van der Waals surface area contributed by atoms with Crippen molar-refractivity contribution in [3.8, 4) is 11.5 Å². The maximum atomic E-state index is 13.0. The van der Waals surface area contributed by atoms with E-state index in [1.807, 2.05) is 63.4 Å². The molecular weight excluding hydrogens is 448 g/mol. The summed E-state index contributed by atoms with van der Waals surface area (Å²) in [6.07, 6.45) is 0. The highest BCUT2D eigenvalue weighted by molar-refractivity contribution is 7.89. The van der Waals surface area contributed by atoms with Gasteiger partial charge in [0.2, 0.25) is 0 Å². The molecule has 3 aromatic rings. The van der Waals surface area contributed by atoms with Crippen molar-refractivity contribution in [2.75, 3.05) is 26.6 Å². The Morgan fingerprint density at radius 2 is 1.59 bits per heavy atom. The lowest BCUT2D eigenvalue weighted by molar-refractivity contribution is 0.309. The molecule has 0 saturated carbocycles. The molecule has 0 aliphatic carbocycles. The van der Waals surface area contributed by atoms with Crippen LogP contribution in [0.15, 0.2) is 58.5 Å². The van der Waals surface area contributed by atoms with E-state index >= 15 is 0 Å². The number of rotatable bonds is 9. The average Bonchev–Trinajstić information content (AvgIpc) is 3.06. The van der Waals surface area contributed by atoms with Gasteiger partial charge >= 0.3 is 0 Å². The fourth-order valence-electron chi connectivity index (χ4n) is 3.96. The fourth-order valence-corrected chi connectivity index (χ4v) is 5.26. The van der Waals surface area contributed by atoms with E-state index in [9.17, 15) is 4.21 Å². The van der Waals surface area contributed by atoms with Gasteiger partial charge in [0.1, 0.15) is 39.0 Å². The van der Waals surface area contributed by atoms with Gasteiger partial charge in [0.15, 0.2) is 0 Å². The van der Waals surface area contributed by atoms with E-state index in [4.69, 9.17) is 19.4 Å². The molecule has 1 atom stereocenters. The molecule has 7 nitrogen and oxygen atoms in total. The minimum absolute atomic E-state index is 0.521. The Bertz CT molecular complexity index is 1260.